The van der Waals surface area contributed by atoms with Crippen LogP contribution in [0.25, 0.3) is 0 Å². The van der Waals surface area contributed by atoms with Crippen LogP contribution < -0.4 is 11.1 Å². The Balaban J connectivity index is 2.19. The number of nitrogens with two attached hydrogens (primary N) is 1. The third-order valence-electron chi connectivity index (χ3n) is 2.26. The lowest BCUT2D eigenvalue weighted by molar-refractivity contribution is 1.07. The number of hydrogen-bond donors (Lipinski definition) is 2. The fourth-order valence-electron chi connectivity index (χ4n) is 1.37. The topological polar surface area (TPSA) is 50.9 Å². The van der Waals surface area contributed by atoms with Crippen molar-refractivity contribution in [1.82, 2.24) is 4.98 Å². The van der Waals surface area contributed by atoms with Crippen LogP contribution in [0.4, 0.5) is 11.5 Å². The molecule has 3 N–H and O–H groups in total. The van der Waals surface area contributed by atoms with E-state index in [-0.39, 0.29) is 0 Å². The van der Waals surface area contributed by atoms with E-state index in [4.69, 9.17) is 17.3 Å². The zero-order valence-electron chi connectivity index (χ0n) is 8.95. The van der Waals surface area contributed by atoms with Gasteiger partial charge < -0.3 is 11.1 Å². The molecular formula is C12H11BrClN3. The van der Waals surface area contributed by atoms with E-state index in [2.05, 4.69) is 26.2 Å². The minimum absolute atomic E-state index is 0.545. The fourth-order valence-corrected chi connectivity index (χ4v) is 2.11. The Bertz CT molecular complexity index is 514. The van der Waals surface area contributed by atoms with E-state index in [1.165, 1.54) is 0 Å². The summed E-state index contributed by atoms with van der Waals surface area (Å²) in [5.74, 6) is 0.731. The van der Waals surface area contributed by atoms with E-state index < -0.39 is 0 Å². The molecule has 1 aromatic carbocycles. The van der Waals surface area contributed by atoms with E-state index in [0.29, 0.717) is 11.6 Å². The molecule has 5 heteroatoms. The van der Waals surface area contributed by atoms with Gasteiger partial charge >= 0.3 is 0 Å². The summed E-state index contributed by atoms with van der Waals surface area (Å²) in [5, 5.41) is 3.79. The normalized spacial score (nSPS) is 10.3. The van der Waals surface area contributed by atoms with Crippen LogP contribution in [0.5, 0.6) is 0 Å². The molecule has 0 unspecified atom stereocenters. The molecule has 0 aliphatic carbocycles. The second kappa shape index (κ2) is 5.49. The van der Waals surface area contributed by atoms with Crippen molar-refractivity contribution in [2.75, 3.05) is 5.32 Å². The first-order valence-electron chi connectivity index (χ1n) is 5.06. The maximum absolute atomic E-state index is 5.83. The molecule has 3 nitrogen and oxygen atoms in total. The molecule has 0 bridgehead atoms. The van der Waals surface area contributed by atoms with E-state index in [1.807, 2.05) is 24.3 Å². The number of halogens is 2. The van der Waals surface area contributed by atoms with Crippen molar-refractivity contribution in [2.24, 2.45) is 5.73 Å². The van der Waals surface area contributed by atoms with E-state index >= 15 is 0 Å². The minimum atomic E-state index is 0.545. The number of nitrogens with zero attached hydrogens (tertiary/aromatic N) is 1. The van der Waals surface area contributed by atoms with Crippen LogP contribution in [0.2, 0.25) is 5.02 Å². The SMILES string of the molecule is NCc1ccc(Nc2ncc(Cl)cc2Br)cc1. The van der Waals surface area contributed by atoms with Gasteiger partial charge in [-0.2, -0.15) is 0 Å². The van der Waals surface area contributed by atoms with Crippen molar-refractivity contribution < 1.29 is 0 Å². The van der Waals surface area contributed by atoms with Crippen LogP contribution in [0.15, 0.2) is 41.0 Å². The Labute approximate surface area is 113 Å². The van der Waals surface area contributed by atoms with Crippen LogP contribution in [0.3, 0.4) is 0 Å². The molecule has 0 spiro atoms. The number of benzene rings is 1. The average molecular weight is 313 g/mol. The van der Waals surface area contributed by atoms with Gasteiger partial charge in [-0.3, -0.25) is 0 Å². The van der Waals surface area contributed by atoms with Gasteiger partial charge in [-0.25, -0.2) is 4.98 Å². The Morgan fingerprint density at radius 1 is 1.29 bits per heavy atom. The smallest absolute Gasteiger partial charge is 0.144 e. The van der Waals surface area contributed by atoms with Gasteiger partial charge in [-0.05, 0) is 39.7 Å². The average Bonchev–Trinajstić information content (AvgIpc) is 2.34. The molecule has 2 rings (SSSR count). The number of aromatic nitrogens is 1. The van der Waals surface area contributed by atoms with Gasteiger partial charge in [-0.15, -0.1) is 0 Å². The number of pyridine rings is 1. The van der Waals surface area contributed by atoms with Gasteiger partial charge in [0.25, 0.3) is 0 Å². The zero-order valence-corrected chi connectivity index (χ0v) is 11.3. The third-order valence-corrected chi connectivity index (χ3v) is 3.07. The lowest BCUT2D eigenvalue weighted by Gasteiger charge is -2.08. The van der Waals surface area contributed by atoms with Crippen molar-refractivity contribution in [3.63, 3.8) is 0 Å². The second-order valence-electron chi connectivity index (χ2n) is 3.51. The van der Waals surface area contributed by atoms with Gasteiger partial charge in [-0.1, -0.05) is 23.7 Å². The predicted molar refractivity (Wildman–Crippen MR) is 74.6 cm³/mol. The number of hydrogen-bond acceptors (Lipinski definition) is 3. The third kappa shape index (κ3) is 3.19. The van der Waals surface area contributed by atoms with Crippen molar-refractivity contribution >= 4 is 39.0 Å². The summed E-state index contributed by atoms with van der Waals surface area (Å²) in [4.78, 5) is 4.20. The van der Waals surface area contributed by atoms with Crippen molar-refractivity contribution in [1.29, 1.82) is 0 Å². The molecule has 1 heterocycles. The molecule has 0 saturated carbocycles. The van der Waals surface area contributed by atoms with Crippen molar-refractivity contribution in [3.8, 4) is 0 Å². The standard InChI is InChI=1S/C12H11BrClN3/c13-11-5-9(14)7-16-12(11)17-10-3-1-8(6-15)2-4-10/h1-5,7H,6,15H2,(H,16,17). The first kappa shape index (κ1) is 12.4. The molecule has 0 radical (unpaired) electrons. The molecule has 2 aromatic rings. The molecule has 0 amide bonds. The highest BCUT2D eigenvalue weighted by Crippen LogP contribution is 2.26. The Morgan fingerprint density at radius 3 is 2.59 bits per heavy atom. The lowest BCUT2D eigenvalue weighted by Crippen LogP contribution is -1.97. The molecule has 17 heavy (non-hydrogen) atoms. The van der Waals surface area contributed by atoms with Crippen LogP contribution >= 0.6 is 27.5 Å². The molecule has 0 aliphatic heterocycles. The largest absolute Gasteiger partial charge is 0.339 e. The van der Waals surface area contributed by atoms with Crippen LogP contribution in [-0.2, 0) is 6.54 Å². The highest BCUT2D eigenvalue weighted by molar-refractivity contribution is 9.10. The molecular weight excluding hydrogens is 302 g/mol. The molecule has 88 valence electrons. The van der Waals surface area contributed by atoms with Gasteiger partial charge in [0, 0.05) is 18.4 Å². The lowest BCUT2D eigenvalue weighted by atomic mass is 10.2. The summed E-state index contributed by atoms with van der Waals surface area (Å²) in [6, 6.07) is 9.68. The molecule has 0 aliphatic rings. The van der Waals surface area contributed by atoms with Crippen LogP contribution in [-0.4, -0.2) is 4.98 Å². The van der Waals surface area contributed by atoms with Gasteiger partial charge in [0.05, 0.1) is 9.50 Å². The summed E-state index contributed by atoms with van der Waals surface area (Å²) in [5.41, 5.74) is 7.59. The van der Waals surface area contributed by atoms with Gasteiger partial charge in [0.2, 0.25) is 0 Å². The molecule has 1 aromatic heterocycles. The van der Waals surface area contributed by atoms with Gasteiger partial charge in [0.15, 0.2) is 0 Å². The summed E-state index contributed by atoms with van der Waals surface area (Å²) in [6.45, 7) is 0.545. The maximum Gasteiger partial charge on any atom is 0.144 e. The zero-order chi connectivity index (χ0) is 12.3. The van der Waals surface area contributed by atoms with E-state index in [1.54, 1.807) is 12.3 Å². The Kier molecular flexibility index (Phi) is 3.99. The highest BCUT2D eigenvalue weighted by atomic mass is 79.9. The Hall–Kier alpha value is -1.10. The monoisotopic (exact) mass is 311 g/mol. The summed E-state index contributed by atoms with van der Waals surface area (Å²) < 4.78 is 0.827. The summed E-state index contributed by atoms with van der Waals surface area (Å²) >= 11 is 9.23. The van der Waals surface area contributed by atoms with Crippen LogP contribution in [0.1, 0.15) is 5.56 Å². The number of rotatable bonds is 3. The van der Waals surface area contributed by atoms with Crippen LogP contribution in [0, 0.1) is 0 Å². The van der Waals surface area contributed by atoms with E-state index in [9.17, 15) is 0 Å². The first-order chi connectivity index (χ1) is 8.19. The Morgan fingerprint density at radius 2 is 2.00 bits per heavy atom. The fraction of sp³-hybridized carbons (Fsp3) is 0.0833. The van der Waals surface area contributed by atoms with Gasteiger partial charge in [0.1, 0.15) is 5.82 Å². The molecule has 0 saturated heterocycles. The summed E-state index contributed by atoms with van der Waals surface area (Å²) in [6.07, 6.45) is 1.60. The summed E-state index contributed by atoms with van der Waals surface area (Å²) in [7, 11) is 0. The molecule has 0 fully saturated rings. The molecule has 0 atom stereocenters. The highest BCUT2D eigenvalue weighted by Gasteiger charge is 2.02. The van der Waals surface area contributed by atoms with Crippen molar-refractivity contribution in [2.45, 2.75) is 6.54 Å². The maximum atomic E-state index is 5.83. The first-order valence-corrected chi connectivity index (χ1v) is 6.23. The van der Waals surface area contributed by atoms with Crippen molar-refractivity contribution in [3.05, 3.63) is 51.6 Å². The predicted octanol–water partition coefficient (Wildman–Crippen LogP) is 3.70. The van der Waals surface area contributed by atoms with E-state index in [0.717, 1.165) is 21.5 Å². The quantitative estimate of drug-likeness (QED) is 0.908. The number of anilines is 2. The minimum Gasteiger partial charge on any atom is -0.339 e. The number of nitrogens with one attached hydrogen (secondary N) is 1. The second-order valence-corrected chi connectivity index (χ2v) is 4.80.